The third-order valence-electron chi connectivity index (χ3n) is 2.45. The second-order valence-corrected chi connectivity index (χ2v) is 4.74. The van der Waals surface area contributed by atoms with Gasteiger partial charge in [0.1, 0.15) is 5.03 Å². The zero-order valence-corrected chi connectivity index (χ0v) is 10.3. The van der Waals surface area contributed by atoms with Gasteiger partial charge >= 0.3 is 0 Å². The fourth-order valence-electron chi connectivity index (χ4n) is 1.52. The van der Waals surface area contributed by atoms with Gasteiger partial charge in [-0.15, -0.1) is 0 Å². The van der Waals surface area contributed by atoms with Gasteiger partial charge in [0.05, 0.1) is 5.69 Å². The van der Waals surface area contributed by atoms with Gasteiger partial charge in [-0.25, -0.2) is 0 Å². The number of aromatic nitrogens is 2. The molecule has 0 saturated heterocycles. The summed E-state index contributed by atoms with van der Waals surface area (Å²) in [6.07, 6.45) is 1.83. The summed E-state index contributed by atoms with van der Waals surface area (Å²) in [5.41, 5.74) is 9.23. The first-order valence-corrected chi connectivity index (χ1v) is 6.12. The molecule has 3 nitrogen and oxygen atoms in total. The third kappa shape index (κ3) is 2.39. The van der Waals surface area contributed by atoms with Crippen LogP contribution in [0.3, 0.4) is 0 Å². The molecule has 0 bridgehead atoms. The number of hydrogen-bond donors (Lipinski definition) is 1. The van der Waals surface area contributed by atoms with Crippen molar-refractivity contribution in [2.75, 3.05) is 5.73 Å². The normalized spacial score (nSPS) is 10.6. The lowest BCUT2D eigenvalue weighted by Gasteiger charge is -2.03. The van der Waals surface area contributed by atoms with Crippen molar-refractivity contribution in [1.82, 2.24) is 9.78 Å². The number of aryl methyl sites for hydroxylation is 2. The number of hydrogen-bond acceptors (Lipinski definition) is 3. The molecule has 0 aliphatic rings. The zero-order chi connectivity index (χ0) is 11.5. The molecule has 0 amide bonds. The van der Waals surface area contributed by atoms with E-state index in [1.165, 1.54) is 11.1 Å². The van der Waals surface area contributed by atoms with E-state index in [1.54, 1.807) is 16.4 Å². The van der Waals surface area contributed by atoms with Gasteiger partial charge in [-0.1, -0.05) is 36.0 Å². The number of anilines is 1. The Bertz CT molecular complexity index is 491. The number of nitrogens with two attached hydrogens (primary N) is 1. The molecule has 84 valence electrons. The van der Waals surface area contributed by atoms with Crippen molar-refractivity contribution in [3.05, 3.63) is 41.6 Å². The van der Waals surface area contributed by atoms with Crippen LogP contribution in [-0.4, -0.2) is 9.78 Å². The maximum absolute atomic E-state index is 5.84. The Morgan fingerprint density at radius 2 is 2.12 bits per heavy atom. The Kier molecular flexibility index (Phi) is 3.19. The second-order valence-electron chi connectivity index (χ2n) is 3.78. The number of nitrogens with zero attached hydrogens (tertiary/aromatic N) is 2. The second kappa shape index (κ2) is 4.61. The number of benzene rings is 1. The summed E-state index contributed by atoms with van der Waals surface area (Å²) in [6.45, 7) is 2.12. The molecule has 1 heterocycles. The minimum Gasteiger partial charge on any atom is -0.395 e. The highest BCUT2D eigenvalue weighted by Gasteiger charge is 2.05. The average molecular weight is 233 g/mol. The fourth-order valence-corrected chi connectivity index (χ4v) is 2.54. The Morgan fingerprint density at radius 3 is 2.75 bits per heavy atom. The first-order chi connectivity index (χ1) is 7.66. The van der Waals surface area contributed by atoms with E-state index in [4.69, 9.17) is 5.73 Å². The van der Waals surface area contributed by atoms with E-state index in [-0.39, 0.29) is 0 Å². The minimum absolute atomic E-state index is 0.751. The van der Waals surface area contributed by atoms with Crippen molar-refractivity contribution in [3.63, 3.8) is 0 Å². The SMILES string of the molecule is Cc1ccccc1CSc1nn(C)cc1N. The molecule has 0 unspecified atom stereocenters. The van der Waals surface area contributed by atoms with Crippen LogP contribution in [-0.2, 0) is 12.8 Å². The van der Waals surface area contributed by atoms with Crippen molar-refractivity contribution >= 4 is 17.4 Å². The van der Waals surface area contributed by atoms with Crippen molar-refractivity contribution in [2.24, 2.45) is 7.05 Å². The van der Waals surface area contributed by atoms with Gasteiger partial charge in [-0.05, 0) is 18.1 Å². The summed E-state index contributed by atoms with van der Waals surface area (Å²) in [7, 11) is 1.88. The molecular weight excluding hydrogens is 218 g/mol. The maximum Gasteiger partial charge on any atom is 0.141 e. The van der Waals surface area contributed by atoms with E-state index in [2.05, 4.69) is 36.3 Å². The van der Waals surface area contributed by atoms with Crippen molar-refractivity contribution in [3.8, 4) is 0 Å². The topological polar surface area (TPSA) is 43.8 Å². The van der Waals surface area contributed by atoms with Crippen LogP contribution in [0, 0.1) is 6.92 Å². The summed E-state index contributed by atoms with van der Waals surface area (Å²) >= 11 is 1.68. The summed E-state index contributed by atoms with van der Waals surface area (Å²) < 4.78 is 1.75. The Balaban J connectivity index is 2.08. The molecule has 0 radical (unpaired) electrons. The highest BCUT2D eigenvalue weighted by atomic mass is 32.2. The van der Waals surface area contributed by atoms with E-state index in [1.807, 2.05) is 13.2 Å². The minimum atomic E-state index is 0.751. The number of rotatable bonds is 3. The maximum atomic E-state index is 5.84. The molecule has 0 aliphatic heterocycles. The van der Waals surface area contributed by atoms with Crippen LogP contribution in [0.2, 0.25) is 0 Å². The van der Waals surface area contributed by atoms with Crippen molar-refractivity contribution in [2.45, 2.75) is 17.7 Å². The molecule has 16 heavy (non-hydrogen) atoms. The zero-order valence-electron chi connectivity index (χ0n) is 9.47. The molecule has 0 fully saturated rings. The molecule has 0 aliphatic carbocycles. The van der Waals surface area contributed by atoms with Crippen LogP contribution in [0.1, 0.15) is 11.1 Å². The quantitative estimate of drug-likeness (QED) is 0.829. The highest BCUT2D eigenvalue weighted by Crippen LogP contribution is 2.27. The Morgan fingerprint density at radius 1 is 1.38 bits per heavy atom. The third-order valence-corrected chi connectivity index (χ3v) is 3.49. The molecule has 0 atom stereocenters. The van der Waals surface area contributed by atoms with Gasteiger partial charge in [-0.2, -0.15) is 5.10 Å². The molecule has 1 aromatic carbocycles. The van der Waals surface area contributed by atoms with Gasteiger partial charge in [0, 0.05) is 19.0 Å². The van der Waals surface area contributed by atoms with Crippen LogP contribution in [0.5, 0.6) is 0 Å². The van der Waals surface area contributed by atoms with Crippen LogP contribution in [0.25, 0.3) is 0 Å². The molecule has 2 aromatic rings. The summed E-state index contributed by atoms with van der Waals surface area (Å²) in [5.74, 6) is 0.911. The average Bonchev–Trinajstić information content (AvgIpc) is 2.56. The molecule has 4 heteroatoms. The predicted octanol–water partition coefficient (Wildman–Crippen LogP) is 2.60. The first kappa shape index (κ1) is 11.1. The van der Waals surface area contributed by atoms with Gasteiger partial charge < -0.3 is 5.73 Å². The summed E-state index contributed by atoms with van der Waals surface area (Å²) in [4.78, 5) is 0. The Labute approximate surface area is 99.7 Å². The van der Waals surface area contributed by atoms with Crippen LogP contribution in [0.15, 0.2) is 35.5 Å². The van der Waals surface area contributed by atoms with Gasteiger partial charge in [0.25, 0.3) is 0 Å². The first-order valence-electron chi connectivity index (χ1n) is 5.13. The molecule has 2 N–H and O–H groups in total. The van der Waals surface area contributed by atoms with Crippen LogP contribution < -0.4 is 5.73 Å². The van der Waals surface area contributed by atoms with E-state index in [0.717, 1.165) is 16.5 Å². The smallest absolute Gasteiger partial charge is 0.141 e. The Hall–Kier alpha value is -1.42. The molecule has 0 saturated carbocycles. The van der Waals surface area contributed by atoms with Gasteiger partial charge in [-0.3, -0.25) is 4.68 Å². The van der Waals surface area contributed by atoms with E-state index in [9.17, 15) is 0 Å². The molecular formula is C12H15N3S. The molecule has 2 rings (SSSR count). The van der Waals surface area contributed by atoms with Crippen LogP contribution in [0.4, 0.5) is 5.69 Å². The van der Waals surface area contributed by atoms with E-state index >= 15 is 0 Å². The van der Waals surface area contributed by atoms with Crippen molar-refractivity contribution in [1.29, 1.82) is 0 Å². The predicted molar refractivity (Wildman–Crippen MR) is 68.4 cm³/mol. The lowest BCUT2D eigenvalue weighted by atomic mass is 10.1. The van der Waals surface area contributed by atoms with E-state index < -0.39 is 0 Å². The standard InChI is InChI=1S/C12H15N3S/c1-9-5-3-4-6-10(9)8-16-12-11(13)7-15(2)14-12/h3-7H,8,13H2,1-2H3. The number of nitrogen functional groups attached to an aromatic ring is 1. The fraction of sp³-hybridized carbons (Fsp3) is 0.250. The molecule has 1 aromatic heterocycles. The monoisotopic (exact) mass is 233 g/mol. The van der Waals surface area contributed by atoms with E-state index in [0.29, 0.717) is 0 Å². The summed E-state index contributed by atoms with van der Waals surface area (Å²) in [6, 6.07) is 8.38. The molecule has 0 spiro atoms. The van der Waals surface area contributed by atoms with Gasteiger partial charge in [0.2, 0.25) is 0 Å². The highest BCUT2D eigenvalue weighted by molar-refractivity contribution is 7.98. The van der Waals surface area contributed by atoms with Crippen molar-refractivity contribution < 1.29 is 0 Å². The lowest BCUT2D eigenvalue weighted by Crippen LogP contribution is -1.89. The van der Waals surface area contributed by atoms with Crippen LogP contribution >= 0.6 is 11.8 Å². The lowest BCUT2D eigenvalue weighted by molar-refractivity contribution is 0.738. The van der Waals surface area contributed by atoms with Gasteiger partial charge in [0.15, 0.2) is 0 Å². The largest absolute Gasteiger partial charge is 0.395 e. The number of thioether (sulfide) groups is 1. The summed E-state index contributed by atoms with van der Waals surface area (Å²) in [5, 5.41) is 5.22.